The van der Waals surface area contributed by atoms with Crippen LogP contribution in [0.2, 0.25) is 0 Å². The van der Waals surface area contributed by atoms with Crippen LogP contribution in [-0.2, 0) is 4.79 Å². The fourth-order valence-corrected chi connectivity index (χ4v) is 9.60. The van der Waals surface area contributed by atoms with Crippen molar-refractivity contribution in [1.82, 2.24) is 5.43 Å². The van der Waals surface area contributed by atoms with Crippen LogP contribution in [0, 0.1) is 51.8 Å². The highest BCUT2D eigenvalue weighted by atomic mass is 16.2. The molecule has 0 saturated heterocycles. The maximum absolute atomic E-state index is 11.5. The summed E-state index contributed by atoms with van der Waals surface area (Å²) in [6.45, 7) is 18.8. The SMILES string of the molecule is CC(=O)N/N=C1\CC[C@@]2(C)C(=CC[C@H]3[C@@H]4CC[C@H]([C@H](C)CCCC(C)C)[C@@]4(C)CC[C@@H]32)C1(C)C. The number of allylic oxidation sites excluding steroid dienone is 2. The minimum absolute atomic E-state index is 0.0652. The van der Waals surface area contributed by atoms with Gasteiger partial charge in [0.2, 0.25) is 5.91 Å². The van der Waals surface area contributed by atoms with Gasteiger partial charge in [0.05, 0.1) is 0 Å². The second-order valence-corrected chi connectivity index (χ2v) is 14.0. The molecular formula is C31H52N2O. The topological polar surface area (TPSA) is 41.5 Å². The standard InChI is InChI=1S/C31H52N2O/c1-20(2)10-9-11-21(3)24-13-14-25-23-12-15-27-29(5,6)28(33-32-22(4)34)17-19-31(27,8)26(23)16-18-30(24,25)7/h15,20-21,23-26H,9-14,16-19H2,1-8H3,(H,32,34)/b33-28+/t21-,23+,24-,25+,26+,30-,31-/m1/s1. The number of carbonyl (C=O) groups excluding carboxylic acids is 1. The predicted molar refractivity (Wildman–Crippen MR) is 143 cm³/mol. The Morgan fingerprint density at radius 3 is 2.47 bits per heavy atom. The number of nitrogens with one attached hydrogen (secondary N) is 1. The normalized spacial score (nSPS) is 40.9. The zero-order chi connectivity index (χ0) is 24.9. The summed E-state index contributed by atoms with van der Waals surface area (Å²) in [6, 6.07) is 0. The largest absolute Gasteiger partial charge is 0.274 e. The lowest BCUT2D eigenvalue weighted by Gasteiger charge is -2.60. The number of rotatable bonds is 6. The van der Waals surface area contributed by atoms with Gasteiger partial charge in [-0.25, -0.2) is 5.43 Å². The van der Waals surface area contributed by atoms with Crippen molar-refractivity contribution in [2.45, 2.75) is 120 Å². The first kappa shape index (κ1) is 26.0. The van der Waals surface area contributed by atoms with Gasteiger partial charge in [-0.05, 0) is 91.3 Å². The van der Waals surface area contributed by atoms with Crippen LogP contribution < -0.4 is 5.43 Å². The molecule has 0 heterocycles. The summed E-state index contributed by atoms with van der Waals surface area (Å²) in [5, 5.41) is 4.57. The van der Waals surface area contributed by atoms with Crippen LogP contribution >= 0.6 is 0 Å². The minimum Gasteiger partial charge on any atom is -0.274 e. The van der Waals surface area contributed by atoms with E-state index in [2.05, 4.69) is 65.1 Å². The van der Waals surface area contributed by atoms with Crippen molar-refractivity contribution in [2.24, 2.45) is 56.9 Å². The summed E-state index contributed by atoms with van der Waals surface area (Å²) in [6.07, 6.45) is 16.0. The van der Waals surface area contributed by atoms with Gasteiger partial charge in [-0.2, -0.15) is 5.10 Å². The van der Waals surface area contributed by atoms with Crippen molar-refractivity contribution in [3.8, 4) is 0 Å². The Hall–Kier alpha value is -1.12. The van der Waals surface area contributed by atoms with Crippen molar-refractivity contribution >= 4 is 11.6 Å². The van der Waals surface area contributed by atoms with E-state index in [4.69, 9.17) is 0 Å². The molecular weight excluding hydrogens is 416 g/mol. The van der Waals surface area contributed by atoms with E-state index in [0.29, 0.717) is 5.41 Å². The average molecular weight is 469 g/mol. The molecule has 0 aromatic rings. The smallest absolute Gasteiger partial charge is 0.236 e. The maximum Gasteiger partial charge on any atom is 0.236 e. The van der Waals surface area contributed by atoms with Gasteiger partial charge in [0.25, 0.3) is 0 Å². The Kier molecular flexibility index (Phi) is 7.17. The number of carbonyl (C=O) groups is 1. The van der Waals surface area contributed by atoms with E-state index in [9.17, 15) is 4.79 Å². The maximum atomic E-state index is 11.5. The van der Waals surface area contributed by atoms with E-state index < -0.39 is 0 Å². The first-order chi connectivity index (χ1) is 15.9. The number of amides is 1. The number of hydrazone groups is 1. The lowest BCUT2D eigenvalue weighted by Crippen LogP contribution is -2.54. The summed E-state index contributed by atoms with van der Waals surface area (Å²) in [5.74, 6) is 5.11. The van der Waals surface area contributed by atoms with Crippen molar-refractivity contribution in [3.63, 3.8) is 0 Å². The van der Waals surface area contributed by atoms with E-state index >= 15 is 0 Å². The van der Waals surface area contributed by atoms with Crippen LogP contribution in [0.25, 0.3) is 0 Å². The highest BCUT2D eigenvalue weighted by Crippen LogP contribution is 2.68. The zero-order valence-corrected chi connectivity index (χ0v) is 23.5. The van der Waals surface area contributed by atoms with Crippen LogP contribution in [0.3, 0.4) is 0 Å². The third-order valence-corrected chi connectivity index (χ3v) is 11.3. The second-order valence-electron chi connectivity index (χ2n) is 14.0. The van der Waals surface area contributed by atoms with Gasteiger partial charge in [-0.15, -0.1) is 0 Å². The molecule has 7 atom stereocenters. The third-order valence-electron chi connectivity index (χ3n) is 11.3. The summed E-state index contributed by atoms with van der Waals surface area (Å²) in [4.78, 5) is 11.5. The van der Waals surface area contributed by atoms with Crippen molar-refractivity contribution in [3.05, 3.63) is 11.6 Å². The van der Waals surface area contributed by atoms with Crippen molar-refractivity contribution in [2.75, 3.05) is 0 Å². The Bertz CT molecular complexity index is 838. The summed E-state index contributed by atoms with van der Waals surface area (Å²) in [5.41, 5.74) is 6.25. The highest BCUT2D eigenvalue weighted by Gasteiger charge is 2.60. The number of hydrogen-bond donors (Lipinski definition) is 1. The van der Waals surface area contributed by atoms with Gasteiger partial charge in [-0.1, -0.05) is 79.4 Å². The fraction of sp³-hybridized carbons (Fsp3) is 0.871. The highest BCUT2D eigenvalue weighted by molar-refractivity contribution is 5.94. The molecule has 1 amide bonds. The lowest BCUT2D eigenvalue weighted by molar-refractivity contribution is -0.118. The van der Waals surface area contributed by atoms with Crippen molar-refractivity contribution in [1.29, 1.82) is 0 Å². The van der Waals surface area contributed by atoms with Crippen molar-refractivity contribution < 1.29 is 4.79 Å². The molecule has 0 radical (unpaired) electrons. The van der Waals surface area contributed by atoms with E-state index in [1.165, 1.54) is 57.8 Å². The van der Waals surface area contributed by atoms with Crippen LogP contribution in [0.1, 0.15) is 120 Å². The molecule has 0 aromatic carbocycles. The summed E-state index contributed by atoms with van der Waals surface area (Å²) < 4.78 is 0. The number of hydrogen-bond acceptors (Lipinski definition) is 2. The van der Waals surface area contributed by atoms with Gasteiger partial charge in [-0.3, -0.25) is 4.79 Å². The monoisotopic (exact) mass is 468 g/mol. The number of fused-ring (bicyclic) bond motifs is 5. The van der Waals surface area contributed by atoms with E-state index in [1.807, 2.05) is 0 Å². The minimum atomic E-state index is -0.0740. The average Bonchev–Trinajstić information content (AvgIpc) is 3.09. The summed E-state index contributed by atoms with van der Waals surface area (Å²) in [7, 11) is 0. The first-order valence-corrected chi connectivity index (χ1v) is 14.5. The van der Waals surface area contributed by atoms with Gasteiger partial charge in [0.15, 0.2) is 0 Å². The van der Waals surface area contributed by atoms with Crippen LogP contribution in [0.4, 0.5) is 0 Å². The van der Waals surface area contributed by atoms with Gasteiger partial charge >= 0.3 is 0 Å². The van der Waals surface area contributed by atoms with Crippen LogP contribution in [0.15, 0.2) is 16.8 Å². The van der Waals surface area contributed by atoms with Gasteiger partial charge in [0, 0.05) is 18.1 Å². The molecule has 0 spiro atoms. The molecule has 34 heavy (non-hydrogen) atoms. The third kappa shape index (κ3) is 4.32. The Morgan fingerprint density at radius 1 is 1.06 bits per heavy atom. The zero-order valence-electron chi connectivity index (χ0n) is 23.5. The van der Waals surface area contributed by atoms with Gasteiger partial charge < -0.3 is 0 Å². The van der Waals surface area contributed by atoms with Gasteiger partial charge in [0.1, 0.15) is 0 Å². The molecule has 0 bridgehead atoms. The molecule has 4 aliphatic carbocycles. The molecule has 192 valence electrons. The Morgan fingerprint density at radius 2 is 1.79 bits per heavy atom. The molecule has 3 nitrogen and oxygen atoms in total. The first-order valence-electron chi connectivity index (χ1n) is 14.5. The molecule has 0 aromatic heterocycles. The molecule has 0 unspecified atom stereocenters. The number of nitrogens with zero attached hydrogens (tertiary/aromatic N) is 1. The quantitative estimate of drug-likeness (QED) is 0.310. The van der Waals surface area contributed by atoms with E-state index in [1.54, 1.807) is 12.5 Å². The van der Waals surface area contributed by atoms with Crippen LogP contribution in [-0.4, -0.2) is 11.6 Å². The lowest BCUT2D eigenvalue weighted by atomic mass is 9.44. The van der Waals surface area contributed by atoms with Crippen LogP contribution in [0.5, 0.6) is 0 Å². The molecule has 1 N–H and O–H groups in total. The van der Waals surface area contributed by atoms with E-state index in [-0.39, 0.29) is 16.7 Å². The molecule has 4 aliphatic rings. The van der Waals surface area contributed by atoms with E-state index in [0.717, 1.165) is 47.6 Å². The molecule has 4 rings (SSSR count). The fourth-order valence-electron chi connectivity index (χ4n) is 9.60. The Balaban J connectivity index is 1.54. The summed E-state index contributed by atoms with van der Waals surface area (Å²) >= 11 is 0. The molecule has 0 aliphatic heterocycles. The second kappa shape index (κ2) is 9.40. The molecule has 3 saturated carbocycles. The Labute approximate surface area is 210 Å². The predicted octanol–water partition coefficient (Wildman–Crippen LogP) is 8.16. The molecule has 3 fully saturated rings. The molecule has 3 heteroatoms.